The normalized spacial score (nSPS) is 11.9. The van der Waals surface area contributed by atoms with Crippen LogP contribution in [-0.2, 0) is 12.6 Å². The summed E-state index contributed by atoms with van der Waals surface area (Å²) in [6.07, 6.45) is -4.43. The highest BCUT2D eigenvalue weighted by Crippen LogP contribution is 2.33. The first-order valence-electron chi connectivity index (χ1n) is 7.34. The number of carboxylic acid groups (broad SMARTS) is 1. The summed E-state index contributed by atoms with van der Waals surface area (Å²) >= 11 is 12.2. The molecule has 2 aromatic heterocycles. The highest BCUT2D eigenvalue weighted by atomic mass is 35.5. The highest BCUT2D eigenvalue weighted by Gasteiger charge is 2.33. The van der Waals surface area contributed by atoms with Gasteiger partial charge >= 0.3 is 12.1 Å². The number of rotatable bonds is 3. The van der Waals surface area contributed by atoms with Crippen LogP contribution in [0.25, 0.3) is 11.0 Å². The van der Waals surface area contributed by atoms with E-state index in [1.165, 1.54) is 12.1 Å². The van der Waals surface area contributed by atoms with Crippen molar-refractivity contribution in [1.29, 1.82) is 0 Å². The summed E-state index contributed by atoms with van der Waals surface area (Å²) in [7, 11) is 0. The van der Waals surface area contributed by atoms with Crippen molar-refractivity contribution in [2.75, 3.05) is 0 Å². The maximum Gasteiger partial charge on any atom is 0.433 e. The number of carboxylic acids is 1. The van der Waals surface area contributed by atoms with E-state index in [1.807, 2.05) is 0 Å². The van der Waals surface area contributed by atoms with E-state index in [1.54, 1.807) is 13.0 Å². The Balaban J connectivity index is 2.07. The Hall–Kier alpha value is -2.25. The van der Waals surface area contributed by atoms with Crippen molar-refractivity contribution in [3.63, 3.8) is 0 Å². The topological polar surface area (TPSA) is 66.0 Å². The summed E-state index contributed by atoms with van der Waals surface area (Å²) in [6, 6.07) is 5.34. The van der Waals surface area contributed by atoms with Crippen molar-refractivity contribution in [3.05, 3.63) is 62.4 Å². The molecule has 0 atom stereocenters. The molecule has 0 aliphatic carbocycles. The van der Waals surface area contributed by atoms with Gasteiger partial charge in [0.2, 0.25) is 0 Å². The summed E-state index contributed by atoms with van der Waals surface area (Å²) in [5.41, 5.74) is 0.306. The van der Waals surface area contributed by atoms with Gasteiger partial charge < -0.3 is 10.1 Å². The van der Waals surface area contributed by atoms with Crippen molar-refractivity contribution >= 4 is 40.2 Å². The Morgan fingerprint density at radius 3 is 2.58 bits per heavy atom. The Morgan fingerprint density at radius 2 is 1.96 bits per heavy atom. The molecular weight excluding hydrogens is 392 g/mol. The number of aryl methyl sites for hydroxylation is 1. The lowest BCUT2D eigenvalue weighted by atomic mass is 10.1. The smallest absolute Gasteiger partial charge is 0.433 e. The maximum absolute atomic E-state index is 12.9. The quantitative estimate of drug-likeness (QED) is 0.608. The van der Waals surface area contributed by atoms with Crippen LogP contribution in [0.4, 0.5) is 13.2 Å². The minimum Gasteiger partial charge on any atom is -0.478 e. The molecule has 3 rings (SSSR count). The molecule has 0 amide bonds. The molecule has 9 heteroatoms. The molecule has 0 aliphatic heterocycles. The molecule has 0 saturated carbocycles. The first-order valence-corrected chi connectivity index (χ1v) is 8.10. The van der Waals surface area contributed by atoms with E-state index in [2.05, 4.69) is 9.97 Å². The van der Waals surface area contributed by atoms with Gasteiger partial charge in [0.25, 0.3) is 0 Å². The molecule has 0 radical (unpaired) electrons. The van der Waals surface area contributed by atoms with Crippen LogP contribution in [0.15, 0.2) is 24.3 Å². The van der Waals surface area contributed by atoms with Gasteiger partial charge in [0.1, 0.15) is 11.3 Å². The van der Waals surface area contributed by atoms with Gasteiger partial charge in [-0.1, -0.05) is 23.2 Å². The first-order chi connectivity index (χ1) is 12.1. The van der Waals surface area contributed by atoms with Crippen LogP contribution in [0.2, 0.25) is 10.0 Å². The number of H-pyrrole nitrogens is 1. The number of aromatic carboxylic acids is 1. The number of carbonyl (C=O) groups is 1. The lowest BCUT2D eigenvalue weighted by Gasteiger charge is -2.08. The molecule has 0 fully saturated rings. The van der Waals surface area contributed by atoms with Gasteiger partial charge in [-0.3, -0.25) is 0 Å². The summed E-state index contributed by atoms with van der Waals surface area (Å²) in [5.74, 6) is -1.20. The molecular formula is C17H11Cl2F3N2O2. The van der Waals surface area contributed by atoms with Crippen LogP contribution in [0.5, 0.6) is 0 Å². The van der Waals surface area contributed by atoms with E-state index in [4.69, 9.17) is 28.3 Å². The van der Waals surface area contributed by atoms with Crippen LogP contribution in [0.1, 0.15) is 32.9 Å². The van der Waals surface area contributed by atoms with E-state index in [0.29, 0.717) is 22.2 Å². The molecule has 136 valence electrons. The van der Waals surface area contributed by atoms with Gasteiger partial charge in [0.05, 0.1) is 10.6 Å². The lowest BCUT2D eigenvalue weighted by molar-refractivity contribution is -0.141. The molecule has 2 N–H and O–H groups in total. The summed E-state index contributed by atoms with van der Waals surface area (Å²) in [5, 5.41) is 9.94. The standard InChI is InChI=1S/C17H11Cl2F3N2O2/c1-7-4-13(17(20,21)22)24-15-10(7)5-8(23-15)6-11-12(18)3-2-9(14(11)19)16(25)26/h2-5H,6H2,1H3,(H,23,24)(H,25,26). The van der Waals surface area contributed by atoms with Crippen LogP contribution < -0.4 is 0 Å². The number of aromatic amines is 1. The van der Waals surface area contributed by atoms with Gasteiger partial charge in [-0.05, 0) is 42.3 Å². The average molecular weight is 403 g/mol. The number of alkyl halides is 3. The van der Waals surface area contributed by atoms with Gasteiger partial charge in [-0.25, -0.2) is 9.78 Å². The number of nitrogens with zero attached hydrogens (tertiary/aromatic N) is 1. The maximum atomic E-state index is 12.9. The second-order valence-electron chi connectivity index (χ2n) is 5.75. The van der Waals surface area contributed by atoms with Crippen molar-refractivity contribution in [2.24, 2.45) is 0 Å². The second kappa shape index (κ2) is 6.48. The van der Waals surface area contributed by atoms with E-state index < -0.39 is 17.8 Å². The summed E-state index contributed by atoms with van der Waals surface area (Å²) in [4.78, 5) is 17.6. The van der Waals surface area contributed by atoms with Crippen molar-refractivity contribution in [2.45, 2.75) is 19.5 Å². The van der Waals surface area contributed by atoms with Crippen molar-refractivity contribution < 1.29 is 23.1 Å². The van der Waals surface area contributed by atoms with Crippen LogP contribution in [-0.4, -0.2) is 21.0 Å². The van der Waals surface area contributed by atoms with E-state index in [0.717, 1.165) is 6.07 Å². The number of nitrogens with one attached hydrogen (secondary N) is 1. The number of pyridine rings is 1. The monoisotopic (exact) mass is 402 g/mol. The van der Waals surface area contributed by atoms with Crippen molar-refractivity contribution in [1.82, 2.24) is 9.97 Å². The molecule has 3 aromatic rings. The first kappa shape index (κ1) is 18.5. The average Bonchev–Trinajstić information content (AvgIpc) is 2.93. The fourth-order valence-corrected chi connectivity index (χ4v) is 3.26. The fraction of sp³-hybridized carbons (Fsp3) is 0.176. The molecule has 26 heavy (non-hydrogen) atoms. The number of aromatic nitrogens is 2. The molecule has 1 aromatic carbocycles. The molecule has 0 saturated heterocycles. The highest BCUT2D eigenvalue weighted by molar-refractivity contribution is 6.38. The summed E-state index contributed by atoms with van der Waals surface area (Å²) in [6.45, 7) is 1.56. The minimum atomic E-state index is -4.55. The van der Waals surface area contributed by atoms with E-state index in [-0.39, 0.29) is 27.7 Å². The third kappa shape index (κ3) is 3.37. The Bertz CT molecular complexity index is 1030. The van der Waals surface area contributed by atoms with Crippen LogP contribution in [0, 0.1) is 6.92 Å². The number of hydrogen-bond donors (Lipinski definition) is 2. The number of halogens is 5. The van der Waals surface area contributed by atoms with Crippen molar-refractivity contribution in [3.8, 4) is 0 Å². The number of hydrogen-bond acceptors (Lipinski definition) is 2. The second-order valence-corrected chi connectivity index (χ2v) is 6.53. The van der Waals surface area contributed by atoms with Crippen LogP contribution >= 0.6 is 23.2 Å². The minimum absolute atomic E-state index is 0.00989. The molecule has 0 unspecified atom stereocenters. The lowest BCUT2D eigenvalue weighted by Crippen LogP contribution is -2.08. The predicted octanol–water partition coefficient (Wildman–Crippen LogP) is 5.49. The van der Waals surface area contributed by atoms with Gasteiger partial charge in [-0.15, -0.1) is 0 Å². The third-order valence-electron chi connectivity index (χ3n) is 3.94. The fourth-order valence-electron chi connectivity index (χ4n) is 2.68. The molecule has 0 spiro atoms. The molecule has 2 heterocycles. The zero-order valence-electron chi connectivity index (χ0n) is 13.2. The van der Waals surface area contributed by atoms with Gasteiger partial charge in [-0.2, -0.15) is 13.2 Å². The third-order valence-corrected chi connectivity index (χ3v) is 4.72. The van der Waals surface area contributed by atoms with E-state index >= 15 is 0 Å². The van der Waals surface area contributed by atoms with Gasteiger partial charge in [0.15, 0.2) is 0 Å². The number of benzene rings is 1. The Morgan fingerprint density at radius 1 is 1.27 bits per heavy atom. The molecule has 0 bridgehead atoms. The Labute approximate surface area is 155 Å². The van der Waals surface area contributed by atoms with Crippen LogP contribution in [0.3, 0.4) is 0 Å². The Kier molecular flexibility index (Phi) is 4.62. The van der Waals surface area contributed by atoms with Gasteiger partial charge in [0, 0.05) is 22.5 Å². The number of fused-ring (bicyclic) bond motifs is 1. The van der Waals surface area contributed by atoms with E-state index in [9.17, 15) is 18.0 Å². The largest absolute Gasteiger partial charge is 0.478 e. The predicted molar refractivity (Wildman–Crippen MR) is 92.1 cm³/mol. The molecule has 0 aliphatic rings. The molecule has 4 nitrogen and oxygen atoms in total. The SMILES string of the molecule is Cc1cc(C(F)(F)F)nc2[nH]c(Cc3c(Cl)ccc(C(=O)O)c3Cl)cc12. The summed E-state index contributed by atoms with van der Waals surface area (Å²) < 4.78 is 38.7. The zero-order chi connectivity index (χ0) is 19.2. The zero-order valence-corrected chi connectivity index (χ0v) is 14.7.